The Balaban J connectivity index is 2.03. The number of para-hydroxylation sites is 1. The second-order valence-electron chi connectivity index (χ2n) is 7.79. The van der Waals surface area contributed by atoms with E-state index in [0.29, 0.717) is 22.3 Å². The van der Waals surface area contributed by atoms with E-state index in [2.05, 4.69) is 9.97 Å². The topological polar surface area (TPSA) is 81.3 Å². The van der Waals surface area contributed by atoms with Crippen molar-refractivity contribution in [3.05, 3.63) is 86.7 Å². The number of H-pyrrole nitrogens is 1. The molecule has 2 heterocycles. The van der Waals surface area contributed by atoms with Gasteiger partial charge >= 0.3 is 5.97 Å². The largest absolute Gasteiger partial charge is 0.462 e. The Hall–Kier alpha value is -4.07. The molecule has 4 aromatic rings. The van der Waals surface area contributed by atoms with Crippen LogP contribution in [0.3, 0.4) is 0 Å². The van der Waals surface area contributed by atoms with Gasteiger partial charge in [-0.2, -0.15) is 0 Å². The number of nitrogens with one attached hydrogen (secondary N) is 1. The van der Waals surface area contributed by atoms with Crippen molar-refractivity contribution in [2.75, 3.05) is 6.61 Å². The molecule has 0 unspecified atom stereocenters. The number of carbonyl (C=O) groups excluding carboxylic acids is 1. The summed E-state index contributed by atoms with van der Waals surface area (Å²) in [6.07, 6.45) is 0. The minimum atomic E-state index is -1.04. The highest BCUT2D eigenvalue weighted by molar-refractivity contribution is 5.98. The summed E-state index contributed by atoms with van der Waals surface area (Å²) in [6.45, 7) is 6.43. The maximum Gasteiger partial charge on any atom is 0.344 e. The van der Waals surface area contributed by atoms with Crippen LogP contribution in [0.1, 0.15) is 34.1 Å². The monoisotopic (exact) mass is 464 g/mol. The average molecular weight is 464 g/mol. The van der Waals surface area contributed by atoms with Crippen LogP contribution in [0.25, 0.3) is 22.2 Å². The molecule has 0 atom stereocenters. The number of esters is 1. The fraction of sp³-hybridized carbons (Fsp3) is 0.192. The zero-order valence-electron chi connectivity index (χ0n) is 19.1. The van der Waals surface area contributed by atoms with E-state index in [0.717, 1.165) is 11.5 Å². The number of ether oxygens (including phenoxy) is 2. The minimum absolute atomic E-state index is 0.0114. The third-order valence-corrected chi connectivity index (χ3v) is 5.63. The Morgan fingerprint density at radius 3 is 2.53 bits per heavy atom. The van der Waals surface area contributed by atoms with Crippen molar-refractivity contribution in [3.63, 3.8) is 0 Å². The predicted molar refractivity (Wildman–Crippen MR) is 124 cm³/mol. The quantitative estimate of drug-likeness (QED) is 0.380. The van der Waals surface area contributed by atoms with Crippen LogP contribution in [0.4, 0.5) is 8.78 Å². The van der Waals surface area contributed by atoms with Gasteiger partial charge in [-0.05, 0) is 52.0 Å². The molecule has 0 spiro atoms. The van der Waals surface area contributed by atoms with Gasteiger partial charge in [0.1, 0.15) is 11.3 Å². The Morgan fingerprint density at radius 2 is 1.79 bits per heavy atom. The number of aromatic amines is 1. The van der Waals surface area contributed by atoms with E-state index in [1.54, 1.807) is 39.0 Å². The number of benzene rings is 2. The van der Waals surface area contributed by atoms with E-state index in [4.69, 9.17) is 9.47 Å². The zero-order valence-corrected chi connectivity index (χ0v) is 19.1. The fourth-order valence-electron chi connectivity index (χ4n) is 3.62. The average Bonchev–Trinajstić information content (AvgIpc) is 2.82. The first-order valence-corrected chi connectivity index (χ1v) is 10.7. The summed E-state index contributed by atoms with van der Waals surface area (Å²) in [6, 6.07) is 11.2. The van der Waals surface area contributed by atoms with E-state index in [1.165, 1.54) is 13.0 Å². The molecule has 0 amide bonds. The Kier molecular flexibility index (Phi) is 6.15. The molecular weight excluding hydrogens is 442 g/mol. The maximum atomic E-state index is 14.2. The first-order chi connectivity index (χ1) is 16.2. The third kappa shape index (κ3) is 4.03. The van der Waals surface area contributed by atoms with E-state index in [-0.39, 0.29) is 35.1 Å². The number of carbonyl (C=O) groups is 1. The number of rotatable bonds is 5. The maximum absolute atomic E-state index is 14.2. The highest BCUT2D eigenvalue weighted by atomic mass is 19.2. The van der Waals surface area contributed by atoms with Crippen LogP contribution >= 0.6 is 0 Å². The first-order valence-electron chi connectivity index (χ1n) is 10.7. The van der Waals surface area contributed by atoms with E-state index < -0.39 is 23.0 Å². The SMILES string of the molecule is CCOC(=O)c1c(-c2cc3ccccc3nc2Oc2ccc(F)c(F)c2C)[nH]c(C)c(C)c1=O. The number of hydrogen-bond acceptors (Lipinski definition) is 5. The summed E-state index contributed by atoms with van der Waals surface area (Å²) in [5.41, 5.74) is 1.26. The number of halogens is 2. The van der Waals surface area contributed by atoms with Crippen molar-refractivity contribution in [1.29, 1.82) is 0 Å². The lowest BCUT2D eigenvalue weighted by molar-refractivity contribution is 0.0525. The van der Waals surface area contributed by atoms with Crippen molar-refractivity contribution in [1.82, 2.24) is 9.97 Å². The van der Waals surface area contributed by atoms with Crippen molar-refractivity contribution in [3.8, 4) is 22.9 Å². The number of pyridine rings is 2. The van der Waals surface area contributed by atoms with Gasteiger partial charge in [-0.15, -0.1) is 0 Å². The van der Waals surface area contributed by atoms with Gasteiger partial charge in [0.15, 0.2) is 17.1 Å². The molecule has 174 valence electrons. The summed E-state index contributed by atoms with van der Waals surface area (Å²) in [5, 5.41) is 0.723. The molecule has 0 saturated heterocycles. The number of nitrogens with zero attached hydrogens (tertiary/aromatic N) is 1. The lowest BCUT2D eigenvalue weighted by atomic mass is 10.0. The van der Waals surface area contributed by atoms with Crippen molar-refractivity contribution >= 4 is 16.9 Å². The summed E-state index contributed by atoms with van der Waals surface area (Å²) < 4.78 is 38.9. The van der Waals surface area contributed by atoms with Gasteiger partial charge in [0.2, 0.25) is 5.88 Å². The van der Waals surface area contributed by atoms with E-state index >= 15 is 0 Å². The second-order valence-corrected chi connectivity index (χ2v) is 7.79. The lowest BCUT2D eigenvalue weighted by Gasteiger charge is -2.17. The highest BCUT2D eigenvalue weighted by Gasteiger charge is 2.25. The van der Waals surface area contributed by atoms with Crippen LogP contribution in [0.2, 0.25) is 0 Å². The van der Waals surface area contributed by atoms with Gasteiger partial charge in [0.25, 0.3) is 0 Å². The summed E-state index contributed by atoms with van der Waals surface area (Å²) in [4.78, 5) is 33.6. The summed E-state index contributed by atoms with van der Waals surface area (Å²) >= 11 is 0. The summed E-state index contributed by atoms with van der Waals surface area (Å²) in [7, 11) is 0. The van der Waals surface area contributed by atoms with Crippen molar-refractivity contribution < 1.29 is 23.0 Å². The van der Waals surface area contributed by atoms with Crippen molar-refractivity contribution in [2.24, 2.45) is 0 Å². The Morgan fingerprint density at radius 1 is 1.06 bits per heavy atom. The van der Waals surface area contributed by atoms with Crippen molar-refractivity contribution in [2.45, 2.75) is 27.7 Å². The molecule has 0 aliphatic carbocycles. The summed E-state index contributed by atoms with van der Waals surface area (Å²) in [5.74, 6) is -2.76. The van der Waals surface area contributed by atoms with Crippen LogP contribution in [0.15, 0.2) is 47.3 Å². The molecule has 6 nitrogen and oxygen atoms in total. The molecule has 34 heavy (non-hydrogen) atoms. The van der Waals surface area contributed by atoms with Crippen LogP contribution in [-0.4, -0.2) is 22.5 Å². The normalized spacial score (nSPS) is 11.0. The highest BCUT2D eigenvalue weighted by Crippen LogP contribution is 2.36. The van der Waals surface area contributed by atoms with Gasteiger partial charge in [-0.3, -0.25) is 4.79 Å². The Labute approximate surface area is 194 Å². The molecular formula is C26H22F2N2O4. The van der Waals surface area contributed by atoms with Gasteiger partial charge < -0.3 is 14.5 Å². The molecule has 0 aliphatic rings. The molecule has 0 aliphatic heterocycles. The molecule has 0 fully saturated rings. The number of hydrogen-bond donors (Lipinski definition) is 1. The standard InChI is InChI=1S/C26H22F2N2O4/c1-5-33-26(32)21-23(29-15(4)13(2)24(21)31)17-12-16-8-6-7-9-19(16)30-25(17)34-20-11-10-18(27)22(28)14(20)3/h6-12H,5H2,1-4H3,(H,29,31). The number of fused-ring (bicyclic) bond motifs is 1. The molecule has 0 saturated carbocycles. The zero-order chi connectivity index (χ0) is 24.6. The molecule has 1 N–H and O–H groups in total. The molecule has 0 radical (unpaired) electrons. The molecule has 2 aromatic carbocycles. The lowest BCUT2D eigenvalue weighted by Crippen LogP contribution is -2.23. The van der Waals surface area contributed by atoms with Crippen LogP contribution in [0.5, 0.6) is 11.6 Å². The molecule has 4 rings (SSSR count). The molecule has 0 bridgehead atoms. The van der Waals surface area contributed by atoms with Gasteiger partial charge in [-0.1, -0.05) is 18.2 Å². The predicted octanol–water partition coefficient (Wildman–Crippen LogP) is 5.76. The third-order valence-electron chi connectivity index (χ3n) is 5.63. The first kappa shape index (κ1) is 23.1. The smallest absolute Gasteiger partial charge is 0.344 e. The minimum Gasteiger partial charge on any atom is -0.462 e. The second kappa shape index (κ2) is 9.05. The molecule has 8 heteroatoms. The fourth-order valence-corrected chi connectivity index (χ4v) is 3.62. The van der Waals surface area contributed by atoms with E-state index in [1.807, 2.05) is 12.1 Å². The van der Waals surface area contributed by atoms with Crippen LogP contribution in [-0.2, 0) is 4.74 Å². The van der Waals surface area contributed by atoms with E-state index in [9.17, 15) is 18.4 Å². The van der Waals surface area contributed by atoms with Gasteiger partial charge in [0.05, 0.1) is 23.4 Å². The molecule has 2 aromatic heterocycles. The van der Waals surface area contributed by atoms with Gasteiger partial charge in [-0.25, -0.2) is 18.6 Å². The Bertz CT molecular complexity index is 1490. The number of aryl methyl sites for hydroxylation is 1. The number of aromatic nitrogens is 2. The van der Waals surface area contributed by atoms with Crippen LogP contribution in [0, 0.1) is 32.4 Å². The van der Waals surface area contributed by atoms with Crippen LogP contribution < -0.4 is 10.2 Å². The van der Waals surface area contributed by atoms with Gasteiger partial charge in [0, 0.05) is 22.2 Å².